The first-order chi connectivity index (χ1) is 3.31. The molecule has 1 unspecified atom stereocenters. The molecule has 0 aromatic heterocycles. The third-order valence-electron chi connectivity index (χ3n) is 0.453. The molecule has 0 fully saturated rings. The molecule has 0 aromatic rings. The lowest BCUT2D eigenvalue weighted by atomic mass is 10.8. The summed E-state index contributed by atoms with van der Waals surface area (Å²) in [6.07, 6.45) is 0. The summed E-state index contributed by atoms with van der Waals surface area (Å²) in [5.74, 6) is 1.18. The quantitative estimate of drug-likeness (QED) is 0.377. The van der Waals surface area contributed by atoms with Crippen LogP contribution in [0.4, 0.5) is 0 Å². The zero-order chi connectivity index (χ0) is 5.70. The predicted octanol–water partition coefficient (Wildman–Crippen LogP) is -0.0409. The van der Waals surface area contributed by atoms with Gasteiger partial charge in [0.2, 0.25) is 0 Å². The lowest BCUT2D eigenvalue weighted by Crippen LogP contribution is -2.01. The Morgan fingerprint density at radius 1 is 2.00 bits per heavy atom. The number of carbonyl (C=O) groups excluding carboxylic acids is 1. The molecular weight excluding hydrogens is 111 g/mol. The summed E-state index contributed by atoms with van der Waals surface area (Å²) in [7, 11) is 1.48. The van der Waals surface area contributed by atoms with Gasteiger partial charge < -0.3 is 4.74 Å². The monoisotopic (exact) mass is 120 g/mol. The van der Waals surface area contributed by atoms with E-state index >= 15 is 0 Å². The van der Waals surface area contributed by atoms with E-state index in [0.29, 0.717) is 6.61 Å². The van der Waals surface area contributed by atoms with Gasteiger partial charge in [-0.05, 0) is 6.92 Å². The van der Waals surface area contributed by atoms with Crippen LogP contribution in [0.5, 0.6) is 0 Å². The van der Waals surface area contributed by atoms with E-state index in [0.717, 1.165) is 0 Å². The van der Waals surface area contributed by atoms with Crippen molar-refractivity contribution in [3.05, 3.63) is 0 Å². The summed E-state index contributed by atoms with van der Waals surface area (Å²) < 4.78 is 4.50. The smallest absolute Gasteiger partial charge is 0.330 e. The van der Waals surface area contributed by atoms with Crippen molar-refractivity contribution >= 4 is 20.6 Å². The van der Waals surface area contributed by atoms with E-state index in [9.17, 15) is 4.79 Å². The first kappa shape index (κ1) is 6.77. The highest BCUT2D eigenvalue weighted by Gasteiger charge is 1.86. The van der Waals surface area contributed by atoms with Gasteiger partial charge in [0, 0.05) is 5.80 Å². The van der Waals surface area contributed by atoms with Crippen molar-refractivity contribution in [3.63, 3.8) is 0 Å². The summed E-state index contributed by atoms with van der Waals surface area (Å²) >= 11 is 0. The van der Waals surface area contributed by atoms with Crippen LogP contribution in [-0.2, 0) is 9.53 Å². The predicted molar refractivity (Wildman–Crippen MR) is 33.8 cm³/mol. The zero-order valence-corrected chi connectivity index (χ0v) is 5.72. The Hall–Kier alpha value is -0.230. The molecule has 42 valence electrons. The molecule has 0 saturated carbocycles. The SMILES string of the molecule is CCOC(=O)C=[PH3]. The largest absolute Gasteiger partial charge is 0.463 e. The van der Waals surface area contributed by atoms with Crippen molar-refractivity contribution in [1.29, 1.82) is 0 Å². The van der Waals surface area contributed by atoms with Crippen LogP contribution in [0, 0.1) is 0 Å². The van der Waals surface area contributed by atoms with Crippen molar-refractivity contribution in [2.24, 2.45) is 0 Å². The molecular formula is C4H9O2P. The normalized spacial score (nSPS) is 8.14. The number of carbonyl (C=O) groups is 1. The lowest BCUT2D eigenvalue weighted by molar-refractivity contribution is -0.134. The van der Waals surface area contributed by atoms with Crippen molar-refractivity contribution in [1.82, 2.24) is 0 Å². The Balaban J connectivity index is 3.17. The summed E-state index contributed by atoms with van der Waals surface area (Å²) in [5.41, 5.74) is 0. The summed E-state index contributed by atoms with van der Waals surface area (Å²) in [6.45, 7) is 2.25. The topological polar surface area (TPSA) is 26.3 Å². The Morgan fingerprint density at radius 2 is 2.57 bits per heavy atom. The van der Waals surface area contributed by atoms with Crippen LogP contribution in [0.15, 0.2) is 0 Å². The van der Waals surface area contributed by atoms with Gasteiger partial charge in [-0.1, -0.05) is 0 Å². The van der Waals surface area contributed by atoms with E-state index in [1.54, 1.807) is 6.92 Å². The fourth-order valence-corrected chi connectivity index (χ4v) is 0.319. The van der Waals surface area contributed by atoms with Crippen molar-refractivity contribution in [3.8, 4) is 0 Å². The minimum Gasteiger partial charge on any atom is -0.463 e. The molecule has 0 N–H and O–H groups in total. The lowest BCUT2D eigenvalue weighted by Gasteiger charge is -1.90. The average Bonchev–Trinajstić information content (AvgIpc) is 1.68. The van der Waals surface area contributed by atoms with Crippen LogP contribution >= 0.6 is 8.86 Å². The molecule has 0 spiro atoms. The number of ether oxygens (including phenoxy) is 1. The van der Waals surface area contributed by atoms with Gasteiger partial charge in [-0.3, -0.25) is 0 Å². The molecule has 0 saturated heterocycles. The van der Waals surface area contributed by atoms with Crippen molar-refractivity contribution in [2.75, 3.05) is 6.61 Å². The van der Waals surface area contributed by atoms with Crippen LogP contribution in [0.1, 0.15) is 6.92 Å². The second kappa shape index (κ2) is 3.94. The fourth-order valence-electron chi connectivity index (χ4n) is 0.201. The maximum atomic E-state index is 10.1. The first-order valence-electron chi connectivity index (χ1n) is 2.10. The molecule has 0 aliphatic carbocycles. The van der Waals surface area contributed by atoms with E-state index in [1.165, 1.54) is 14.7 Å². The van der Waals surface area contributed by atoms with E-state index in [4.69, 9.17) is 0 Å². The summed E-state index contributed by atoms with van der Waals surface area (Å²) in [5, 5.41) is 0. The van der Waals surface area contributed by atoms with Gasteiger partial charge in [0.05, 0.1) is 6.61 Å². The van der Waals surface area contributed by atoms with E-state index in [1.807, 2.05) is 0 Å². The van der Waals surface area contributed by atoms with Crippen LogP contribution in [0.3, 0.4) is 0 Å². The van der Waals surface area contributed by atoms with Crippen LogP contribution in [0.25, 0.3) is 0 Å². The Morgan fingerprint density at radius 3 is 2.71 bits per heavy atom. The van der Waals surface area contributed by atoms with Gasteiger partial charge in [-0.25, -0.2) is 4.79 Å². The third kappa shape index (κ3) is 3.60. The number of hydrogen-bond acceptors (Lipinski definition) is 2. The molecule has 2 nitrogen and oxygen atoms in total. The molecule has 0 amide bonds. The number of rotatable bonds is 2. The van der Waals surface area contributed by atoms with Crippen LogP contribution in [-0.4, -0.2) is 18.4 Å². The van der Waals surface area contributed by atoms with E-state index in [2.05, 4.69) is 4.74 Å². The van der Waals surface area contributed by atoms with E-state index < -0.39 is 0 Å². The molecule has 0 bridgehead atoms. The Bertz CT molecular complexity index is 79.8. The standard InChI is InChI=1S/C4H9O2P/c1-2-6-4(5)3-7/h3H,2H2,1,7H3. The molecule has 1 atom stereocenters. The highest BCUT2D eigenvalue weighted by molar-refractivity contribution is 7.21. The summed E-state index contributed by atoms with van der Waals surface area (Å²) in [6, 6.07) is 0. The van der Waals surface area contributed by atoms with Crippen LogP contribution in [0.2, 0.25) is 0 Å². The highest BCUT2D eigenvalue weighted by Crippen LogP contribution is 1.71. The van der Waals surface area contributed by atoms with Gasteiger partial charge in [-0.2, -0.15) is 0 Å². The summed E-state index contributed by atoms with van der Waals surface area (Å²) in [4.78, 5) is 10.1. The Kier molecular flexibility index (Phi) is 3.81. The number of hydrogen-bond donors (Lipinski definition) is 0. The van der Waals surface area contributed by atoms with E-state index in [-0.39, 0.29) is 5.97 Å². The third-order valence-corrected chi connectivity index (χ3v) is 0.787. The average molecular weight is 120 g/mol. The first-order valence-corrected chi connectivity index (χ1v) is 2.92. The Labute approximate surface area is 44.7 Å². The maximum absolute atomic E-state index is 10.1. The van der Waals surface area contributed by atoms with Gasteiger partial charge in [0.25, 0.3) is 0 Å². The van der Waals surface area contributed by atoms with Gasteiger partial charge >= 0.3 is 5.97 Å². The minimum atomic E-state index is -0.235. The second-order valence-electron chi connectivity index (χ2n) is 0.956. The zero-order valence-electron chi connectivity index (χ0n) is 4.31. The molecule has 0 aliphatic rings. The van der Waals surface area contributed by atoms with Crippen LogP contribution < -0.4 is 0 Å². The molecule has 0 aromatic carbocycles. The molecule has 0 heterocycles. The molecule has 0 radical (unpaired) electrons. The van der Waals surface area contributed by atoms with Gasteiger partial charge in [-0.15, -0.1) is 8.86 Å². The fraction of sp³-hybridized carbons (Fsp3) is 0.500. The minimum absolute atomic E-state index is 0.235. The highest BCUT2D eigenvalue weighted by atomic mass is 31.0. The molecule has 0 rings (SSSR count). The molecule has 7 heavy (non-hydrogen) atoms. The number of esters is 1. The van der Waals surface area contributed by atoms with Crippen molar-refractivity contribution in [2.45, 2.75) is 6.92 Å². The molecule has 3 heteroatoms. The van der Waals surface area contributed by atoms with Gasteiger partial charge in [0.1, 0.15) is 0 Å². The van der Waals surface area contributed by atoms with Gasteiger partial charge in [0.15, 0.2) is 0 Å². The molecule has 0 aliphatic heterocycles. The van der Waals surface area contributed by atoms with Crippen molar-refractivity contribution < 1.29 is 9.53 Å². The maximum Gasteiger partial charge on any atom is 0.330 e. The second-order valence-corrected chi connectivity index (χ2v) is 1.36.